The summed E-state index contributed by atoms with van der Waals surface area (Å²) in [5, 5.41) is 17.5. The number of nitro groups is 1. The SMILES string of the molecule is CN=C(NCCNc1ccc(S(C)(=O)=O)cc1[N+](=O)[O-])N1CCCC(C)C1. The Hall–Kier alpha value is -2.36. The molecule has 1 aliphatic heterocycles. The maximum Gasteiger partial charge on any atom is 0.293 e. The van der Waals surface area contributed by atoms with Crippen LogP contribution in [0.25, 0.3) is 0 Å². The fourth-order valence-electron chi connectivity index (χ4n) is 3.13. The van der Waals surface area contributed by atoms with Gasteiger partial charge in [0.25, 0.3) is 5.69 Å². The zero-order chi connectivity index (χ0) is 20.0. The maximum atomic E-state index is 11.6. The summed E-state index contributed by atoms with van der Waals surface area (Å²) in [6.45, 7) is 5.12. The maximum absolute atomic E-state index is 11.6. The second kappa shape index (κ2) is 9.03. The Balaban J connectivity index is 1.95. The molecule has 9 nitrogen and oxygen atoms in total. The Morgan fingerprint density at radius 1 is 1.41 bits per heavy atom. The molecule has 0 amide bonds. The van der Waals surface area contributed by atoms with E-state index in [2.05, 4.69) is 27.4 Å². The van der Waals surface area contributed by atoms with Crippen molar-refractivity contribution in [3.05, 3.63) is 28.3 Å². The van der Waals surface area contributed by atoms with Crippen molar-refractivity contribution >= 4 is 27.2 Å². The largest absolute Gasteiger partial charge is 0.378 e. The molecule has 0 bridgehead atoms. The third-order valence-corrected chi connectivity index (χ3v) is 5.60. The lowest BCUT2D eigenvalue weighted by Gasteiger charge is -2.33. The van der Waals surface area contributed by atoms with Gasteiger partial charge in [0.1, 0.15) is 5.69 Å². The van der Waals surface area contributed by atoms with E-state index in [0.717, 1.165) is 37.8 Å². The highest BCUT2D eigenvalue weighted by Crippen LogP contribution is 2.27. The van der Waals surface area contributed by atoms with E-state index in [1.807, 2.05) is 0 Å². The Morgan fingerprint density at radius 2 is 2.15 bits per heavy atom. The first-order valence-electron chi connectivity index (χ1n) is 8.90. The van der Waals surface area contributed by atoms with Crippen LogP contribution in [0, 0.1) is 16.0 Å². The minimum Gasteiger partial charge on any atom is -0.378 e. The number of benzene rings is 1. The number of aliphatic imine (C=N–C) groups is 1. The molecule has 150 valence electrons. The van der Waals surface area contributed by atoms with Crippen molar-refractivity contribution in [3.63, 3.8) is 0 Å². The number of hydrogen-bond acceptors (Lipinski definition) is 6. The first-order valence-corrected chi connectivity index (χ1v) is 10.8. The molecule has 1 unspecified atom stereocenters. The van der Waals surface area contributed by atoms with E-state index in [1.54, 1.807) is 7.05 Å². The molecule has 1 fully saturated rings. The second-order valence-corrected chi connectivity index (χ2v) is 8.82. The molecular formula is C17H27N5O4S. The highest BCUT2D eigenvalue weighted by atomic mass is 32.2. The number of hydrogen-bond donors (Lipinski definition) is 2. The Morgan fingerprint density at radius 3 is 2.74 bits per heavy atom. The molecule has 1 aromatic rings. The van der Waals surface area contributed by atoms with E-state index in [1.165, 1.54) is 18.6 Å². The first-order chi connectivity index (χ1) is 12.7. The molecule has 27 heavy (non-hydrogen) atoms. The van der Waals surface area contributed by atoms with Crippen LogP contribution in [-0.4, -0.2) is 63.7 Å². The highest BCUT2D eigenvalue weighted by Gasteiger charge is 2.20. The highest BCUT2D eigenvalue weighted by molar-refractivity contribution is 7.90. The van der Waals surface area contributed by atoms with Crippen LogP contribution in [0.4, 0.5) is 11.4 Å². The van der Waals surface area contributed by atoms with Gasteiger partial charge >= 0.3 is 0 Å². The molecule has 10 heteroatoms. The van der Waals surface area contributed by atoms with E-state index in [-0.39, 0.29) is 16.3 Å². The third-order valence-electron chi connectivity index (χ3n) is 4.49. The summed E-state index contributed by atoms with van der Waals surface area (Å²) in [4.78, 5) is 17.1. The minimum atomic E-state index is -3.50. The Kier molecular flexibility index (Phi) is 7.00. The van der Waals surface area contributed by atoms with Crippen molar-refractivity contribution in [2.24, 2.45) is 10.9 Å². The van der Waals surface area contributed by atoms with Crippen LogP contribution in [0.1, 0.15) is 19.8 Å². The summed E-state index contributed by atoms with van der Waals surface area (Å²) in [7, 11) is -1.76. The number of nitrogens with zero attached hydrogens (tertiary/aromatic N) is 3. The van der Waals surface area contributed by atoms with Gasteiger partial charge in [0.05, 0.1) is 9.82 Å². The van der Waals surface area contributed by atoms with Gasteiger partial charge in [-0.25, -0.2) is 8.42 Å². The molecule has 0 aromatic heterocycles. The molecule has 2 rings (SSSR count). The van der Waals surface area contributed by atoms with Gasteiger partial charge in [0, 0.05) is 45.5 Å². The van der Waals surface area contributed by atoms with Crippen LogP contribution in [0.5, 0.6) is 0 Å². The molecule has 1 atom stereocenters. The van der Waals surface area contributed by atoms with Gasteiger partial charge in [0.2, 0.25) is 0 Å². The van der Waals surface area contributed by atoms with Crippen molar-refractivity contribution in [3.8, 4) is 0 Å². The Labute approximate surface area is 159 Å². The van der Waals surface area contributed by atoms with Crippen molar-refractivity contribution in [2.75, 3.05) is 44.8 Å². The summed E-state index contributed by atoms with van der Waals surface area (Å²) >= 11 is 0. The van der Waals surface area contributed by atoms with Crippen molar-refractivity contribution in [1.29, 1.82) is 0 Å². The third kappa shape index (κ3) is 5.81. The number of rotatable bonds is 6. The molecule has 2 N–H and O–H groups in total. The average molecular weight is 398 g/mol. The van der Waals surface area contributed by atoms with Crippen molar-refractivity contribution < 1.29 is 13.3 Å². The van der Waals surface area contributed by atoms with E-state index in [9.17, 15) is 18.5 Å². The number of piperidine rings is 1. The monoisotopic (exact) mass is 397 g/mol. The van der Waals surface area contributed by atoms with Crippen LogP contribution >= 0.6 is 0 Å². The fourth-order valence-corrected chi connectivity index (χ4v) is 3.77. The number of likely N-dealkylation sites (tertiary alicyclic amines) is 1. The van der Waals surface area contributed by atoms with Gasteiger partial charge in [-0.05, 0) is 30.9 Å². The molecule has 0 spiro atoms. The molecule has 0 radical (unpaired) electrons. The molecule has 1 saturated heterocycles. The Bertz CT molecular complexity index is 810. The molecule has 1 aromatic carbocycles. The summed E-state index contributed by atoms with van der Waals surface area (Å²) in [5.74, 6) is 1.46. The molecule has 1 aliphatic rings. The zero-order valence-corrected chi connectivity index (χ0v) is 16.8. The number of nitro benzene ring substituents is 1. The summed E-state index contributed by atoms with van der Waals surface area (Å²) < 4.78 is 23.2. The summed E-state index contributed by atoms with van der Waals surface area (Å²) in [5.41, 5.74) is 0.0305. The van der Waals surface area contributed by atoms with Gasteiger partial charge < -0.3 is 15.5 Å². The lowest BCUT2D eigenvalue weighted by atomic mass is 10.0. The van der Waals surface area contributed by atoms with Crippen molar-refractivity contribution in [1.82, 2.24) is 10.2 Å². The second-order valence-electron chi connectivity index (χ2n) is 6.80. The molecule has 0 aliphatic carbocycles. The molecular weight excluding hydrogens is 370 g/mol. The minimum absolute atomic E-state index is 0.0718. The number of nitrogens with one attached hydrogen (secondary N) is 2. The van der Waals surface area contributed by atoms with Gasteiger partial charge in [-0.15, -0.1) is 0 Å². The smallest absolute Gasteiger partial charge is 0.293 e. The van der Waals surface area contributed by atoms with Gasteiger partial charge in [-0.2, -0.15) is 0 Å². The van der Waals surface area contributed by atoms with Gasteiger partial charge in [-0.1, -0.05) is 6.92 Å². The predicted octanol–water partition coefficient (Wildman–Crippen LogP) is 1.72. The van der Waals surface area contributed by atoms with Crippen LogP contribution in [0.15, 0.2) is 28.1 Å². The van der Waals surface area contributed by atoms with Crippen LogP contribution in [0.2, 0.25) is 0 Å². The summed E-state index contributed by atoms with van der Waals surface area (Å²) in [6.07, 6.45) is 3.39. The zero-order valence-electron chi connectivity index (χ0n) is 15.9. The summed E-state index contributed by atoms with van der Waals surface area (Å²) in [6, 6.07) is 3.88. The van der Waals surface area contributed by atoms with E-state index in [0.29, 0.717) is 19.0 Å². The van der Waals surface area contributed by atoms with Crippen molar-refractivity contribution in [2.45, 2.75) is 24.7 Å². The lowest BCUT2D eigenvalue weighted by Crippen LogP contribution is -2.47. The van der Waals surface area contributed by atoms with E-state index >= 15 is 0 Å². The predicted molar refractivity (Wildman–Crippen MR) is 106 cm³/mol. The number of guanidine groups is 1. The normalized spacial score (nSPS) is 18.3. The van der Waals surface area contributed by atoms with Crippen LogP contribution < -0.4 is 10.6 Å². The molecule has 1 heterocycles. The topological polar surface area (TPSA) is 117 Å². The average Bonchev–Trinajstić information content (AvgIpc) is 2.60. The van der Waals surface area contributed by atoms with E-state index in [4.69, 9.17) is 0 Å². The van der Waals surface area contributed by atoms with Gasteiger partial charge in [0.15, 0.2) is 15.8 Å². The van der Waals surface area contributed by atoms with E-state index < -0.39 is 14.8 Å². The number of sulfone groups is 1. The van der Waals surface area contributed by atoms with Crippen LogP contribution in [-0.2, 0) is 9.84 Å². The lowest BCUT2D eigenvalue weighted by molar-refractivity contribution is -0.384. The molecule has 0 saturated carbocycles. The first kappa shape index (κ1) is 20.9. The number of anilines is 1. The standard InChI is InChI=1S/C17H27N5O4S/c1-13-5-4-10-21(12-13)17(18-2)20-9-8-19-15-7-6-14(27(3,25)26)11-16(15)22(23)24/h6-7,11,13,19H,4-5,8-10,12H2,1-3H3,(H,18,20). The van der Waals surface area contributed by atoms with Gasteiger partial charge in [-0.3, -0.25) is 15.1 Å². The van der Waals surface area contributed by atoms with Crippen LogP contribution in [0.3, 0.4) is 0 Å². The fraction of sp³-hybridized carbons (Fsp3) is 0.588. The quantitative estimate of drug-likeness (QED) is 0.247.